The van der Waals surface area contributed by atoms with E-state index in [0.29, 0.717) is 17.0 Å². The summed E-state index contributed by atoms with van der Waals surface area (Å²) in [4.78, 5) is 15.5. The van der Waals surface area contributed by atoms with E-state index in [0.717, 1.165) is 12.0 Å². The Kier molecular flexibility index (Phi) is 3.90. The number of fused-ring (bicyclic) bond motifs is 1. The van der Waals surface area contributed by atoms with Gasteiger partial charge >= 0.3 is 0 Å². The molecular formula is C20H16FNOS. The Morgan fingerprint density at radius 2 is 1.75 bits per heavy atom. The molecule has 0 fully saturated rings. The van der Waals surface area contributed by atoms with E-state index < -0.39 is 0 Å². The molecule has 0 aliphatic carbocycles. The predicted molar refractivity (Wildman–Crippen MR) is 93.7 cm³/mol. The Balaban J connectivity index is 1.85. The van der Waals surface area contributed by atoms with Gasteiger partial charge in [0, 0.05) is 12.1 Å². The first-order valence-electron chi connectivity index (χ1n) is 7.92. The molecule has 24 heavy (non-hydrogen) atoms. The lowest BCUT2D eigenvalue weighted by molar-refractivity contribution is 0.0697. The van der Waals surface area contributed by atoms with Crippen LogP contribution in [0.25, 0.3) is 0 Å². The second kappa shape index (κ2) is 6.21. The van der Waals surface area contributed by atoms with Gasteiger partial charge in [0.1, 0.15) is 5.82 Å². The van der Waals surface area contributed by atoms with E-state index in [-0.39, 0.29) is 17.8 Å². The van der Waals surface area contributed by atoms with Gasteiger partial charge in [0.05, 0.1) is 10.9 Å². The summed E-state index contributed by atoms with van der Waals surface area (Å²) in [5, 5.41) is 1.89. The fraction of sp³-hybridized carbons (Fsp3) is 0.150. The van der Waals surface area contributed by atoms with E-state index in [1.54, 1.807) is 17.0 Å². The molecule has 1 aliphatic heterocycles. The minimum Gasteiger partial charge on any atom is -0.326 e. The second-order valence-electron chi connectivity index (χ2n) is 5.85. The smallest absolute Gasteiger partial charge is 0.264 e. The topological polar surface area (TPSA) is 20.3 Å². The highest BCUT2D eigenvalue weighted by Crippen LogP contribution is 2.37. The zero-order chi connectivity index (χ0) is 16.5. The van der Waals surface area contributed by atoms with Gasteiger partial charge in [-0.25, -0.2) is 4.39 Å². The van der Waals surface area contributed by atoms with Crippen molar-refractivity contribution in [1.82, 2.24) is 4.90 Å². The Labute approximate surface area is 144 Å². The van der Waals surface area contributed by atoms with Crippen molar-refractivity contribution < 1.29 is 9.18 Å². The molecule has 0 spiro atoms. The van der Waals surface area contributed by atoms with Crippen molar-refractivity contribution in [3.63, 3.8) is 0 Å². The number of hydrogen-bond donors (Lipinski definition) is 0. The van der Waals surface area contributed by atoms with Crippen LogP contribution in [0.2, 0.25) is 0 Å². The lowest BCUT2D eigenvalue weighted by Gasteiger charge is -2.37. The third-order valence-corrected chi connectivity index (χ3v) is 5.33. The van der Waals surface area contributed by atoms with Crippen molar-refractivity contribution in [3.8, 4) is 0 Å². The lowest BCUT2D eigenvalue weighted by atomic mass is 9.88. The SMILES string of the molecule is O=C(c1cccs1)N1CCc2ccccc2C1c1ccccc1F. The highest BCUT2D eigenvalue weighted by Gasteiger charge is 2.34. The first kappa shape index (κ1) is 15.1. The van der Waals surface area contributed by atoms with Crippen LogP contribution in [0.5, 0.6) is 0 Å². The molecule has 0 N–H and O–H groups in total. The fourth-order valence-electron chi connectivity index (χ4n) is 3.36. The summed E-state index contributed by atoms with van der Waals surface area (Å²) >= 11 is 1.42. The highest BCUT2D eigenvalue weighted by molar-refractivity contribution is 7.12. The molecule has 1 atom stereocenters. The maximum atomic E-state index is 14.5. The summed E-state index contributed by atoms with van der Waals surface area (Å²) in [6, 6.07) is 18.1. The molecule has 4 rings (SSSR count). The number of carbonyl (C=O) groups excluding carboxylic acids is 1. The predicted octanol–water partition coefficient (Wildman–Crippen LogP) is 4.68. The van der Waals surface area contributed by atoms with E-state index >= 15 is 0 Å². The largest absolute Gasteiger partial charge is 0.326 e. The summed E-state index contributed by atoms with van der Waals surface area (Å²) in [6.07, 6.45) is 0.790. The molecule has 1 amide bonds. The number of nitrogens with zero attached hydrogens (tertiary/aromatic N) is 1. The van der Waals surface area contributed by atoms with E-state index in [9.17, 15) is 9.18 Å². The van der Waals surface area contributed by atoms with Gasteiger partial charge in [-0.05, 0) is 35.1 Å². The molecule has 0 bridgehead atoms. The van der Waals surface area contributed by atoms with Crippen LogP contribution >= 0.6 is 11.3 Å². The average Bonchev–Trinajstić information content (AvgIpc) is 3.15. The van der Waals surface area contributed by atoms with Crippen molar-refractivity contribution in [2.45, 2.75) is 12.5 Å². The van der Waals surface area contributed by atoms with Crippen LogP contribution in [-0.4, -0.2) is 17.4 Å². The third kappa shape index (κ3) is 2.53. The molecule has 0 radical (unpaired) electrons. The summed E-state index contributed by atoms with van der Waals surface area (Å²) in [7, 11) is 0. The Morgan fingerprint density at radius 1 is 1.00 bits per heavy atom. The highest BCUT2D eigenvalue weighted by atomic mass is 32.1. The van der Waals surface area contributed by atoms with E-state index in [1.165, 1.54) is 23.0 Å². The Bertz CT molecular complexity index is 875. The molecule has 1 unspecified atom stereocenters. The number of benzene rings is 2. The average molecular weight is 337 g/mol. The van der Waals surface area contributed by atoms with E-state index in [1.807, 2.05) is 41.8 Å². The molecule has 0 saturated heterocycles. The first-order valence-corrected chi connectivity index (χ1v) is 8.80. The number of carbonyl (C=O) groups is 1. The number of hydrogen-bond acceptors (Lipinski definition) is 2. The molecule has 2 aromatic carbocycles. The van der Waals surface area contributed by atoms with Crippen LogP contribution in [0.1, 0.15) is 32.4 Å². The summed E-state index contributed by atoms with van der Waals surface area (Å²) in [5.41, 5.74) is 2.74. The van der Waals surface area contributed by atoms with Gasteiger partial charge in [0.25, 0.3) is 5.91 Å². The van der Waals surface area contributed by atoms with Crippen LogP contribution in [0, 0.1) is 5.82 Å². The second-order valence-corrected chi connectivity index (χ2v) is 6.80. The van der Waals surface area contributed by atoms with Gasteiger partial charge in [0.2, 0.25) is 0 Å². The molecular weight excluding hydrogens is 321 g/mol. The van der Waals surface area contributed by atoms with Gasteiger partial charge in [-0.15, -0.1) is 11.3 Å². The van der Waals surface area contributed by atoms with Crippen LogP contribution in [0.4, 0.5) is 4.39 Å². The molecule has 120 valence electrons. The van der Waals surface area contributed by atoms with Gasteiger partial charge in [-0.3, -0.25) is 4.79 Å². The lowest BCUT2D eigenvalue weighted by Crippen LogP contribution is -2.40. The van der Waals surface area contributed by atoms with Crippen LogP contribution < -0.4 is 0 Å². The van der Waals surface area contributed by atoms with E-state index in [2.05, 4.69) is 6.07 Å². The van der Waals surface area contributed by atoms with Gasteiger partial charge in [-0.1, -0.05) is 48.5 Å². The zero-order valence-corrected chi connectivity index (χ0v) is 13.8. The minimum atomic E-state index is -0.384. The first-order chi connectivity index (χ1) is 11.8. The quantitative estimate of drug-likeness (QED) is 0.665. The maximum Gasteiger partial charge on any atom is 0.264 e. The number of thiophene rings is 1. The molecule has 1 aliphatic rings. The Hall–Kier alpha value is -2.46. The van der Waals surface area contributed by atoms with Crippen molar-refractivity contribution in [2.24, 2.45) is 0 Å². The molecule has 0 saturated carbocycles. The fourth-order valence-corrected chi connectivity index (χ4v) is 4.04. The van der Waals surface area contributed by atoms with Crippen LogP contribution in [0.3, 0.4) is 0 Å². The van der Waals surface area contributed by atoms with E-state index in [4.69, 9.17) is 0 Å². The minimum absolute atomic E-state index is 0.0345. The van der Waals surface area contributed by atoms with Crippen LogP contribution in [-0.2, 0) is 6.42 Å². The summed E-state index contributed by atoms with van der Waals surface area (Å²) in [6.45, 7) is 0.590. The van der Waals surface area contributed by atoms with Gasteiger partial charge in [-0.2, -0.15) is 0 Å². The molecule has 4 heteroatoms. The molecule has 3 aromatic rings. The zero-order valence-electron chi connectivity index (χ0n) is 13.0. The van der Waals surface area contributed by atoms with Crippen molar-refractivity contribution in [3.05, 3.63) is 93.4 Å². The normalized spacial score (nSPS) is 16.7. The van der Waals surface area contributed by atoms with Crippen molar-refractivity contribution in [1.29, 1.82) is 0 Å². The summed E-state index contributed by atoms with van der Waals surface area (Å²) in [5.74, 6) is -0.309. The van der Waals surface area contributed by atoms with Crippen LogP contribution in [0.15, 0.2) is 66.0 Å². The number of rotatable bonds is 2. The van der Waals surface area contributed by atoms with Crippen molar-refractivity contribution in [2.75, 3.05) is 6.54 Å². The van der Waals surface area contributed by atoms with Gasteiger partial charge < -0.3 is 4.90 Å². The molecule has 1 aromatic heterocycles. The summed E-state index contributed by atoms with van der Waals surface area (Å²) < 4.78 is 14.5. The third-order valence-electron chi connectivity index (χ3n) is 4.48. The molecule has 2 heterocycles. The standard InChI is InChI=1S/C20H16FNOS/c21-17-9-4-3-8-16(17)19-15-7-2-1-6-14(15)11-12-22(19)20(23)18-10-5-13-24-18/h1-10,13,19H,11-12H2. The van der Waals surface area contributed by atoms with Gasteiger partial charge in [0.15, 0.2) is 0 Å². The number of halogens is 1. The Morgan fingerprint density at radius 3 is 2.50 bits per heavy atom. The van der Waals surface area contributed by atoms with Crippen molar-refractivity contribution >= 4 is 17.2 Å². The maximum absolute atomic E-state index is 14.5. The number of amides is 1. The monoisotopic (exact) mass is 337 g/mol. The molecule has 2 nitrogen and oxygen atoms in total.